The zero-order valence-corrected chi connectivity index (χ0v) is 11.5. The third-order valence-corrected chi connectivity index (χ3v) is 3.39. The highest BCUT2D eigenvalue weighted by Crippen LogP contribution is 2.24. The molecule has 1 saturated heterocycles. The highest BCUT2D eigenvalue weighted by molar-refractivity contribution is 6.30. The van der Waals surface area contributed by atoms with Gasteiger partial charge in [0.25, 0.3) is 0 Å². The molecule has 1 heterocycles. The number of hydrogen-bond acceptors (Lipinski definition) is 2. The summed E-state index contributed by atoms with van der Waals surface area (Å²) in [7, 11) is 0. The molecule has 98 valence electrons. The quantitative estimate of drug-likeness (QED) is 0.842. The Hall–Kier alpha value is -1.06. The van der Waals surface area contributed by atoms with Gasteiger partial charge in [0, 0.05) is 23.4 Å². The molecule has 1 fully saturated rings. The van der Waals surface area contributed by atoms with Crippen molar-refractivity contribution in [2.24, 2.45) is 5.92 Å². The Morgan fingerprint density at radius 1 is 1.39 bits per heavy atom. The molecule has 0 spiro atoms. The smallest absolute Gasteiger partial charge is 0.232 e. The first-order chi connectivity index (χ1) is 8.59. The van der Waals surface area contributed by atoms with Gasteiger partial charge in [0.1, 0.15) is 0 Å². The average Bonchev–Trinajstić information content (AvgIpc) is 2.85. The van der Waals surface area contributed by atoms with Gasteiger partial charge < -0.3 is 9.64 Å². The summed E-state index contributed by atoms with van der Waals surface area (Å²) in [6.07, 6.45) is 0.815. The standard InChI is InChI=1S/C14H18ClNO2/c1-10(2)16(13-5-3-12(15)4-6-13)14(17)11-7-8-18-9-11/h3-6,10-11H,7-9H2,1-2H3. The van der Waals surface area contributed by atoms with E-state index >= 15 is 0 Å². The molecule has 0 aromatic heterocycles. The van der Waals surface area contributed by atoms with Gasteiger partial charge in [-0.25, -0.2) is 0 Å². The molecular weight excluding hydrogens is 250 g/mol. The molecule has 0 bridgehead atoms. The summed E-state index contributed by atoms with van der Waals surface area (Å²) in [5.74, 6) is 0.132. The highest BCUT2D eigenvalue weighted by Gasteiger charge is 2.30. The van der Waals surface area contributed by atoms with Crippen LogP contribution < -0.4 is 4.90 Å². The minimum Gasteiger partial charge on any atom is -0.381 e. The number of carbonyl (C=O) groups excluding carboxylic acids is 1. The summed E-state index contributed by atoms with van der Waals surface area (Å²) in [6.45, 7) is 5.25. The summed E-state index contributed by atoms with van der Waals surface area (Å²) < 4.78 is 5.29. The first-order valence-corrected chi connectivity index (χ1v) is 6.64. The largest absolute Gasteiger partial charge is 0.381 e. The van der Waals surface area contributed by atoms with E-state index in [2.05, 4.69) is 0 Å². The lowest BCUT2D eigenvalue weighted by Crippen LogP contribution is -2.41. The van der Waals surface area contributed by atoms with Crippen molar-refractivity contribution in [3.05, 3.63) is 29.3 Å². The van der Waals surface area contributed by atoms with E-state index in [-0.39, 0.29) is 17.9 Å². The van der Waals surface area contributed by atoms with Crippen LogP contribution in [0.3, 0.4) is 0 Å². The van der Waals surface area contributed by atoms with Crippen LogP contribution in [-0.2, 0) is 9.53 Å². The van der Waals surface area contributed by atoms with Crippen LogP contribution in [-0.4, -0.2) is 25.2 Å². The molecule has 0 saturated carbocycles. The molecule has 18 heavy (non-hydrogen) atoms. The second-order valence-corrected chi connectivity index (χ2v) is 5.28. The van der Waals surface area contributed by atoms with Crippen molar-refractivity contribution in [1.82, 2.24) is 0 Å². The Morgan fingerprint density at radius 2 is 2.06 bits per heavy atom. The SMILES string of the molecule is CC(C)N(C(=O)C1CCOC1)c1ccc(Cl)cc1. The van der Waals surface area contributed by atoms with Crippen molar-refractivity contribution < 1.29 is 9.53 Å². The number of benzene rings is 1. The van der Waals surface area contributed by atoms with Crippen molar-refractivity contribution in [3.8, 4) is 0 Å². The Labute approximate surface area is 113 Å². The maximum atomic E-state index is 12.5. The Balaban J connectivity index is 2.22. The van der Waals surface area contributed by atoms with Crippen molar-refractivity contribution in [3.63, 3.8) is 0 Å². The summed E-state index contributed by atoms with van der Waals surface area (Å²) in [6, 6.07) is 7.51. The van der Waals surface area contributed by atoms with Gasteiger partial charge in [0.2, 0.25) is 5.91 Å². The molecule has 1 unspecified atom stereocenters. The third kappa shape index (κ3) is 2.85. The second-order valence-electron chi connectivity index (χ2n) is 4.84. The van der Waals surface area contributed by atoms with E-state index in [1.54, 1.807) is 0 Å². The van der Waals surface area contributed by atoms with Crippen LogP contribution >= 0.6 is 11.6 Å². The van der Waals surface area contributed by atoms with Crippen molar-refractivity contribution in [1.29, 1.82) is 0 Å². The maximum Gasteiger partial charge on any atom is 0.232 e. The maximum absolute atomic E-state index is 12.5. The molecule has 0 radical (unpaired) electrons. The number of rotatable bonds is 3. The van der Waals surface area contributed by atoms with Gasteiger partial charge in [-0.1, -0.05) is 11.6 Å². The van der Waals surface area contributed by atoms with Crippen LogP contribution in [0.15, 0.2) is 24.3 Å². The number of ether oxygens (including phenoxy) is 1. The summed E-state index contributed by atoms with van der Waals surface area (Å²) in [4.78, 5) is 14.3. The predicted molar refractivity (Wildman–Crippen MR) is 73.0 cm³/mol. The van der Waals surface area contributed by atoms with Crippen LogP contribution in [0.2, 0.25) is 5.02 Å². The lowest BCUT2D eigenvalue weighted by atomic mass is 10.1. The summed E-state index contributed by atoms with van der Waals surface area (Å²) >= 11 is 5.88. The Morgan fingerprint density at radius 3 is 2.56 bits per heavy atom. The van der Waals surface area contributed by atoms with Gasteiger partial charge >= 0.3 is 0 Å². The monoisotopic (exact) mass is 267 g/mol. The highest BCUT2D eigenvalue weighted by atomic mass is 35.5. The van der Waals surface area contributed by atoms with Gasteiger partial charge in [-0.05, 0) is 44.5 Å². The lowest BCUT2D eigenvalue weighted by molar-refractivity contribution is -0.122. The van der Waals surface area contributed by atoms with Crippen LogP contribution in [0.1, 0.15) is 20.3 Å². The molecule has 1 aliphatic heterocycles. The van der Waals surface area contributed by atoms with E-state index in [1.807, 2.05) is 43.0 Å². The lowest BCUT2D eigenvalue weighted by Gasteiger charge is -2.29. The van der Waals surface area contributed by atoms with Gasteiger partial charge in [0.05, 0.1) is 12.5 Å². The fourth-order valence-corrected chi connectivity index (χ4v) is 2.33. The number of nitrogens with zero attached hydrogens (tertiary/aromatic N) is 1. The van der Waals surface area contributed by atoms with Crippen molar-refractivity contribution in [2.75, 3.05) is 18.1 Å². The fraction of sp³-hybridized carbons (Fsp3) is 0.500. The van der Waals surface area contributed by atoms with Crippen LogP contribution in [0.25, 0.3) is 0 Å². The molecule has 1 aromatic rings. The molecule has 1 aromatic carbocycles. The number of amides is 1. The zero-order valence-electron chi connectivity index (χ0n) is 10.7. The second kappa shape index (κ2) is 5.72. The zero-order chi connectivity index (χ0) is 13.1. The minimum absolute atomic E-state index is 0.0110. The van der Waals surface area contributed by atoms with Crippen LogP contribution in [0.4, 0.5) is 5.69 Å². The number of halogens is 1. The molecule has 4 heteroatoms. The fourth-order valence-electron chi connectivity index (χ4n) is 2.21. The first kappa shape index (κ1) is 13.4. The van der Waals surface area contributed by atoms with Crippen molar-refractivity contribution >= 4 is 23.2 Å². The van der Waals surface area contributed by atoms with Gasteiger partial charge in [-0.2, -0.15) is 0 Å². The normalized spacial score (nSPS) is 19.2. The van der Waals surface area contributed by atoms with Gasteiger partial charge in [-0.3, -0.25) is 4.79 Å². The molecule has 1 amide bonds. The Kier molecular flexibility index (Phi) is 4.25. The van der Waals surface area contributed by atoms with Crippen LogP contribution in [0.5, 0.6) is 0 Å². The average molecular weight is 268 g/mol. The molecule has 3 nitrogen and oxygen atoms in total. The molecular formula is C14H18ClNO2. The van der Waals surface area contributed by atoms with E-state index in [0.717, 1.165) is 12.1 Å². The van der Waals surface area contributed by atoms with Crippen LogP contribution in [0, 0.1) is 5.92 Å². The first-order valence-electron chi connectivity index (χ1n) is 6.26. The van der Waals surface area contributed by atoms with E-state index in [0.29, 0.717) is 18.2 Å². The third-order valence-electron chi connectivity index (χ3n) is 3.14. The number of hydrogen-bond donors (Lipinski definition) is 0. The van der Waals surface area contributed by atoms with E-state index in [9.17, 15) is 4.79 Å². The molecule has 0 aliphatic carbocycles. The predicted octanol–water partition coefficient (Wildman–Crippen LogP) is 3.12. The summed E-state index contributed by atoms with van der Waals surface area (Å²) in [5.41, 5.74) is 0.895. The van der Waals surface area contributed by atoms with Gasteiger partial charge in [-0.15, -0.1) is 0 Å². The van der Waals surface area contributed by atoms with E-state index in [1.165, 1.54) is 0 Å². The minimum atomic E-state index is -0.0110. The summed E-state index contributed by atoms with van der Waals surface area (Å²) in [5, 5.41) is 0.680. The number of anilines is 1. The topological polar surface area (TPSA) is 29.5 Å². The van der Waals surface area contributed by atoms with E-state index in [4.69, 9.17) is 16.3 Å². The van der Waals surface area contributed by atoms with E-state index < -0.39 is 0 Å². The molecule has 0 N–H and O–H groups in total. The van der Waals surface area contributed by atoms with Crippen molar-refractivity contribution in [2.45, 2.75) is 26.3 Å². The molecule has 1 aliphatic rings. The molecule has 2 rings (SSSR count). The molecule has 1 atom stereocenters. The Bertz CT molecular complexity index is 410. The van der Waals surface area contributed by atoms with Gasteiger partial charge in [0.15, 0.2) is 0 Å². The number of carbonyl (C=O) groups is 1.